The molecule has 4 heteroatoms. The zero-order valence-electron chi connectivity index (χ0n) is 12.3. The molecule has 0 atom stereocenters. The van der Waals surface area contributed by atoms with Crippen LogP contribution in [0.4, 0.5) is 17.1 Å². The van der Waals surface area contributed by atoms with Crippen LogP contribution < -0.4 is 4.90 Å². The lowest BCUT2D eigenvalue weighted by Crippen LogP contribution is -2.07. The molecule has 0 spiro atoms. The Labute approximate surface area is 125 Å². The Kier molecular flexibility index (Phi) is 5.05. The number of benzene rings is 2. The summed E-state index contributed by atoms with van der Waals surface area (Å²) in [5.41, 5.74) is 3.92. The molecule has 2 rings (SSSR count). The van der Waals surface area contributed by atoms with Gasteiger partial charge in [-0.15, -0.1) is 0 Å². The fraction of sp³-hybridized carbons (Fsp3) is 0.235. The first-order valence-corrected chi connectivity index (χ1v) is 6.84. The summed E-state index contributed by atoms with van der Waals surface area (Å²) in [5.74, 6) is 0. The van der Waals surface area contributed by atoms with Crippen LogP contribution in [0, 0.1) is 11.3 Å². The molecule has 0 heterocycles. The molecule has 0 aliphatic rings. The Bertz CT molecular complexity index is 634. The molecule has 21 heavy (non-hydrogen) atoms. The SMILES string of the molecule is CN(C)c1ccc(N=Nc2ccc(CCC#N)cc2)cc1. The topological polar surface area (TPSA) is 51.8 Å². The summed E-state index contributed by atoms with van der Waals surface area (Å²) >= 11 is 0. The quantitative estimate of drug-likeness (QED) is 0.749. The monoisotopic (exact) mass is 278 g/mol. The summed E-state index contributed by atoms with van der Waals surface area (Å²) in [5, 5.41) is 17.0. The maximum absolute atomic E-state index is 8.56. The van der Waals surface area contributed by atoms with E-state index in [2.05, 4.69) is 16.3 Å². The Balaban J connectivity index is 2.02. The highest BCUT2D eigenvalue weighted by Gasteiger charge is 1.96. The first kappa shape index (κ1) is 14.7. The zero-order valence-corrected chi connectivity index (χ0v) is 12.3. The third kappa shape index (κ3) is 4.43. The molecular formula is C17H18N4. The van der Waals surface area contributed by atoms with Crippen molar-refractivity contribution >= 4 is 17.1 Å². The molecule has 0 aromatic heterocycles. The lowest BCUT2D eigenvalue weighted by Gasteiger charge is -2.11. The number of hydrogen-bond acceptors (Lipinski definition) is 4. The summed E-state index contributed by atoms with van der Waals surface area (Å²) in [7, 11) is 4.01. The van der Waals surface area contributed by atoms with Crippen LogP contribution in [0.3, 0.4) is 0 Å². The number of azo groups is 1. The minimum atomic E-state index is 0.541. The molecule has 4 nitrogen and oxygen atoms in total. The van der Waals surface area contributed by atoms with Gasteiger partial charge in [-0.1, -0.05) is 12.1 Å². The van der Waals surface area contributed by atoms with Crippen LogP contribution in [0.1, 0.15) is 12.0 Å². The maximum atomic E-state index is 8.56. The Hall–Kier alpha value is -2.67. The minimum Gasteiger partial charge on any atom is -0.378 e. The average molecular weight is 278 g/mol. The van der Waals surface area contributed by atoms with Crippen molar-refractivity contribution in [1.29, 1.82) is 5.26 Å². The summed E-state index contributed by atoms with van der Waals surface area (Å²) in [6, 6.07) is 17.9. The lowest BCUT2D eigenvalue weighted by atomic mass is 10.1. The van der Waals surface area contributed by atoms with Gasteiger partial charge in [0.1, 0.15) is 0 Å². The summed E-state index contributed by atoms with van der Waals surface area (Å²) in [4.78, 5) is 2.04. The molecule has 0 aliphatic heterocycles. The number of aryl methyl sites for hydroxylation is 1. The van der Waals surface area contributed by atoms with Crippen molar-refractivity contribution in [2.75, 3.05) is 19.0 Å². The molecule has 0 saturated carbocycles. The largest absolute Gasteiger partial charge is 0.378 e. The van der Waals surface area contributed by atoms with Gasteiger partial charge in [0.05, 0.1) is 17.4 Å². The zero-order chi connectivity index (χ0) is 15.1. The predicted molar refractivity (Wildman–Crippen MR) is 85.3 cm³/mol. The second-order valence-electron chi connectivity index (χ2n) is 4.94. The average Bonchev–Trinajstić information content (AvgIpc) is 2.52. The van der Waals surface area contributed by atoms with Crippen molar-refractivity contribution in [2.45, 2.75) is 12.8 Å². The Morgan fingerprint density at radius 1 is 0.905 bits per heavy atom. The van der Waals surface area contributed by atoms with E-state index < -0.39 is 0 Å². The van der Waals surface area contributed by atoms with Gasteiger partial charge in [0, 0.05) is 26.2 Å². The number of nitrogens with zero attached hydrogens (tertiary/aromatic N) is 4. The minimum absolute atomic E-state index is 0.541. The van der Waals surface area contributed by atoms with Crippen molar-refractivity contribution in [2.24, 2.45) is 10.2 Å². The molecule has 0 bridgehead atoms. The molecule has 0 radical (unpaired) electrons. The van der Waals surface area contributed by atoms with Crippen LogP contribution in [0.5, 0.6) is 0 Å². The third-order valence-electron chi connectivity index (χ3n) is 3.11. The molecule has 0 aliphatic carbocycles. The van der Waals surface area contributed by atoms with E-state index in [4.69, 9.17) is 5.26 Å². The Morgan fingerprint density at radius 3 is 1.90 bits per heavy atom. The van der Waals surface area contributed by atoms with E-state index in [1.54, 1.807) is 0 Å². The summed E-state index contributed by atoms with van der Waals surface area (Å²) < 4.78 is 0. The summed E-state index contributed by atoms with van der Waals surface area (Å²) in [6.07, 6.45) is 1.32. The van der Waals surface area contributed by atoms with Gasteiger partial charge < -0.3 is 4.90 Å². The number of nitriles is 1. The second kappa shape index (κ2) is 7.20. The van der Waals surface area contributed by atoms with Gasteiger partial charge in [-0.25, -0.2) is 0 Å². The smallest absolute Gasteiger partial charge is 0.0858 e. The maximum Gasteiger partial charge on any atom is 0.0858 e. The van der Waals surface area contributed by atoms with Crippen LogP contribution in [-0.2, 0) is 6.42 Å². The van der Waals surface area contributed by atoms with Crippen molar-refractivity contribution < 1.29 is 0 Å². The van der Waals surface area contributed by atoms with Crippen LogP contribution in [0.2, 0.25) is 0 Å². The Morgan fingerprint density at radius 2 is 1.43 bits per heavy atom. The van der Waals surface area contributed by atoms with Gasteiger partial charge in [-0.2, -0.15) is 15.5 Å². The van der Waals surface area contributed by atoms with Crippen LogP contribution in [0.15, 0.2) is 58.8 Å². The molecule has 106 valence electrons. The van der Waals surface area contributed by atoms with E-state index in [1.165, 1.54) is 0 Å². The fourth-order valence-corrected chi connectivity index (χ4v) is 1.86. The molecule has 0 saturated heterocycles. The lowest BCUT2D eigenvalue weighted by molar-refractivity contribution is 1.01. The normalized spacial score (nSPS) is 10.5. The van der Waals surface area contributed by atoms with Crippen LogP contribution in [-0.4, -0.2) is 14.1 Å². The van der Waals surface area contributed by atoms with Gasteiger partial charge in [0.2, 0.25) is 0 Å². The summed E-state index contributed by atoms with van der Waals surface area (Å²) in [6.45, 7) is 0. The molecule has 0 unspecified atom stereocenters. The standard InChI is InChI=1S/C17H18N4/c1-21(2)17-11-9-16(10-12-17)20-19-15-7-5-14(6-8-15)4-3-13-18/h5-12H,3-4H2,1-2H3. The molecule has 0 amide bonds. The van der Waals surface area contributed by atoms with E-state index in [0.29, 0.717) is 6.42 Å². The van der Waals surface area contributed by atoms with Gasteiger partial charge in [0.25, 0.3) is 0 Å². The molecule has 0 fully saturated rings. The van der Waals surface area contributed by atoms with Crippen molar-refractivity contribution in [3.63, 3.8) is 0 Å². The molecule has 2 aromatic rings. The van der Waals surface area contributed by atoms with E-state index in [1.807, 2.05) is 67.5 Å². The van der Waals surface area contributed by atoms with Crippen molar-refractivity contribution in [1.82, 2.24) is 0 Å². The van der Waals surface area contributed by atoms with E-state index >= 15 is 0 Å². The van der Waals surface area contributed by atoms with Crippen molar-refractivity contribution in [3.8, 4) is 6.07 Å². The predicted octanol–water partition coefficient (Wildman–Crippen LogP) is 4.62. The van der Waals surface area contributed by atoms with E-state index in [9.17, 15) is 0 Å². The highest BCUT2D eigenvalue weighted by Crippen LogP contribution is 2.21. The number of hydrogen-bond donors (Lipinski definition) is 0. The third-order valence-corrected chi connectivity index (χ3v) is 3.11. The van der Waals surface area contributed by atoms with Gasteiger partial charge >= 0.3 is 0 Å². The van der Waals surface area contributed by atoms with Crippen LogP contribution >= 0.6 is 0 Å². The number of rotatable bonds is 5. The number of anilines is 1. The van der Waals surface area contributed by atoms with E-state index in [0.717, 1.165) is 29.0 Å². The molecule has 2 aromatic carbocycles. The molecular weight excluding hydrogens is 260 g/mol. The first-order valence-electron chi connectivity index (χ1n) is 6.84. The second-order valence-corrected chi connectivity index (χ2v) is 4.94. The molecule has 0 N–H and O–H groups in total. The van der Waals surface area contributed by atoms with Crippen molar-refractivity contribution in [3.05, 3.63) is 54.1 Å². The highest BCUT2D eigenvalue weighted by molar-refractivity contribution is 5.52. The van der Waals surface area contributed by atoms with Gasteiger partial charge in [-0.3, -0.25) is 0 Å². The first-order chi connectivity index (χ1) is 10.2. The van der Waals surface area contributed by atoms with Gasteiger partial charge in [0.15, 0.2) is 0 Å². The fourth-order valence-electron chi connectivity index (χ4n) is 1.86. The highest BCUT2D eigenvalue weighted by atomic mass is 15.1. The van der Waals surface area contributed by atoms with Crippen LogP contribution in [0.25, 0.3) is 0 Å². The van der Waals surface area contributed by atoms with Gasteiger partial charge in [-0.05, 0) is 48.4 Å². The van der Waals surface area contributed by atoms with E-state index in [-0.39, 0.29) is 0 Å².